The van der Waals surface area contributed by atoms with Crippen molar-refractivity contribution in [2.45, 2.75) is 24.8 Å². The third-order valence-electron chi connectivity index (χ3n) is 6.06. The molecule has 0 fully saturated rings. The van der Waals surface area contributed by atoms with Crippen LogP contribution in [0.1, 0.15) is 29.7 Å². The van der Waals surface area contributed by atoms with Gasteiger partial charge in [-0.15, -0.1) is 0 Å². The Hall–Kier alpha value is -4.17. The van der Waals surface area contributed by atoms with E-state index in [1.165, 1.54) is 12.1 Å². The quantitative estimate of drug-likeness (QED) is 0.287. The van der Waals surface area contributed by atoms with Crippen molar-refractivity contribution in [1.29, 1.82) is 0 Å². The van der Waals surface area contributed by atoms with E-state index in [9.17, 15) is 17.6 Å². The second kappa shape index (κ2) is 11.9. The second-order valence-corrected chi connectivity index (χ2v) is 10.5. The summed E-state index contributed by atoms with van der Waals surface area (Å²) in [6.07, 6.45) is 0. The number of sulfonamides is 1. The Morgan fingerprint density at radius 3 is 2.16 bits per heavy atom. The highest BCUT2D eigenvalue weighted by molar-refractivity contribution is 7.92. The van der Waals surface area contributed by atoms with Crippen LogP contribution in [0.5, 0.6) is 5.75 Å². The Balaban J connectivity index is 1.69. The van der Waals surface area contributed by atoms with E-state index in [-0.39, 0.29) is 10.6 Å². The van der Waals surface area contributed by atoms with E-state index >= 15 is 0 Å². The molecular weight excluding hydrogens is 503 g/mol. The van der Waals surface area contributed by atoms with Crippen molar-refractivity contribution in [2.24, 2.45) is 0 Å². The highest BCUT2D eigenvalue weighted by Crippen LogP contribution is 2.28. The minimum Gasteiger partial charge on any atom is -0.494 e. The predicted octanol–water partition coefficient (Wildman–Crippen LogP) is 5.63. The first kappa shape index (κ1) is 26.9. The first-order chi connectivity index (χ1) is 18.3. The van der Waals surface area contributed by atoms with E-state index in [4.69, 9.17) is 4.74 Å². The lowest BCUT2D eigenvalue weighted by atomic mass is 9.95. The minimum absolute atomic E-state index is 0.126. The van der Waals surface area contributed by atoms with Gasteiger partial charge in [0.2, 0.25) is 5.91 Å². The molecule has 6 nitrogen and oxygen atoms in total. The van der Waals surface area contributed by atoms with E-state index in [0.717, 1.165) is 33.1 Å². The molecule has 0 saturated carbocycles. The summed E-state index contributed by atoms with van der Waals surface area (Å²) in [5.74, 6) is -0.483. The standard InChI is InChI=1S/C30H29FN2O4S/c1-3-37-26-17-15-25(16-18-26)33(38(35,36)27-19-13-24(31)14-20-27)21-29(34)32-30(23-10-5-4-6-11-23)28-12-8-7-9-22(28)2/h4-20,30H,3,21H2,1-2H3,(H,32,34). The molecule has 0 bridgehead atoms. The lowest BCUT2D eigenvalue weighted by Crippen LogP contribution is -2.42. The molecule has 8 heteroatoms. The molecule has 1 amide bonds. The number of rotatable bonds is 10. The molecule has 0 heterocycles. The van der Waals surface area contributed by atoms with E-state index in [1.807, 2.05) is 68.4 Å². The number of nitrogens with zero attached hydrogens (tertiary/aromatic N) is 1. The van der Waals surface area contributed by atoms with Gasteiger partial charge in [-0.3, -0.25) is 9.10 Å². The highest BCUT2D eigenvalue weighted by Gasteiger charge is 2.29. The van der Waals surface area contributed by atoms with Crippen LogP contribution in [-0.4, -0.2) is 27.5 Å². The summed E-state index contributed by atoms with van der Waals surface area (Å²) in [7, 11) is -4.20. The summed E-state index contributed by atoms with van der Waals surface area (Å²) in [5, 5.41) is 3.03. The number of hydrogen-bond donors (Lipinski definition) is 1. The zero-order chi connectivity index (χ0) is 27.1. The van der Waals surface area contributed by atoms with Crippen LogP contribution in [0.15, 0.2) is 108 Å². The average molecular weight is 533 g/mol. The van der Waals surface area contributed by atoms with Crippen LogP contribution in [-0.2, 0) is 14.8 Å². The summed E-state index contributed by atoms with van der Waals surface area (Å²) >= 11 is 0. The minimum atomic E-state index is -4.20. The van der Waals surface area contributed by atoms with Gasteiger partial charge in [0.25, 0.3) is 10.0 Å². The first-order valence-corrected chi connectivity index (χ1v) is 13.6. The van der Waals surface area contributed by atoms with Gasteiger partial charge < -0.3 is 10.1 Å². The zero-order valence-corrected chi connectivity index (χ0v) is 22.0. The van der Waals surface area contributed by atoms with Crippen LogP contribution in [0.4, 0.5) is 10.1 Å². The van der Waals surface area contributed by atoms with Gasteiger partial charge in [0.05, 0.1) is 23.2 Å². The van der Waals surface area contributed by atoms with Crippen LogP contribution in [0, 0.1) is 12.7 Å². The molecule has 0 saturated heterocycles. The number of anilines is 1. The third-order valence-corrected chi connectivity index (χ3v) is 7.85. The molecule has 0 aliphatic heterocycles. The number of halogens is 1. The molecule has 0 spiro atoms. The predicted molar refractivity (Wildman–Crippen MR) is 146 cm³/mol. The van der Waals surface area contributed by atoms with Crippen LogP contribution in [0.25, 0.3) is 0 Å². The molecule has 196 valence electrons. The Morgan fingerprint density at radius 1 is 0.895 bits per heavy atom. The second-order valence-electron chi connectivity index (χ2n) is 8.66. The fourth-order valence-corrected chi connectivity index (χ4v) is 5.58. The van der Waals surface area contributed by atoms with Crippen LogP contribution >= 0.6 is 0 Å². The molecule has 4 aromatic rings. The number of ether oxygens (including phenoxy) is 1. The Morgan fingerprint density at radius 2 is 1.53 bits per heavy atom. The number of carbonyl (C=O) groups excluding carboxylic acids is 1. The fourth-order valence-electron chi connectivity index (χ4n) is 4.16. The highest BCUT2D eigenvalue weighted by atomic mass is 32.2. The summed E-state index contributed by atoms with van der Waals surface area (Å²) in [6, 6.07) is 27.7. The number of aryl methyl sites for hydroxylation is 1. The van der Waals surface area contributed by atoms with Gasteiger partial charge in [0, 0.05) is 0 Å². The molecule has 1 N–H and O–H groups in total. The molecule has 4 rings (SSSR count). The van der Waals surface area contributed by atoms with Crippen molar-refractivity contribution in [1.82, 2.24) is 5.32 Å². The van der Waals surface area contributed by atoms with Gasteiger partial charge in [-0.1, -0.05) is 54.6 Å². The summed E-state index contributed by atoms with van der Waals surface area (Å²) < 4.78 is 47.4. The van der Waals surface area contributed by atoms with Crippen molar-refractivity contribution in [2.75, 3.05) is 17.5 Å². The molecule has 4 aromatic carbocycles. The van der Waals surface area contributed by atoms with Gasteiger partial charge in [-0.2, -0.15) is 0 Å². The van der Waals surface area contributed by atoms with Crippen molar-refractivity contribution in [3.8, 4) is 5.75 Å². The smallest absolute Gasteiger partial charge is 0.264 e. The summed E-state index contributed by atoms with van der Waals surface area (Å²) in [6.45, 7) is 3.78. The maximum Gasteiger partial charge on any atom is 0.264 e. The topological polar surface area (TPSA) is 75.7 Å². The first-order valence-electron chi connectivity index (χ1n) is 12.2. The summed E-state index contributed by atoms with van der Waals surface area (Å²) in [5.41, 5.74) is 3.04. The van der Waals surface area contributed by atoms with Gasteiger partial charge in [0.1, 0.15) is 18.1 Å². The van der Waals surface area contributed by atoms with E-state index in [0.29, 0.717) is 12.4 Å². The number of hydrogen-bond acceptors (Lipinski definition) is 4. The molecule has 38 heavy (non-hydrogen) atoms. The van der Waals surface area contributed by atoms with Gasteiger partial charge in [-0.05, 0) is 79.1 Å². The van der Waals surface area contributed by atoms with Crippen molar-refractivity contribution < 1.29 is 22.3 Å². The maximum absolute atomic E-state index is 13.7. The van der Waals surface area contributed by atoms with Crippen molar-refractivity contribution in [3.63, 3.8) is 0 Å². The summed E-state index contributed by atoms with van der Waals surface area (Å²) in [4.78, 5) is 13.4. The van der Waals surface area contributed by atoms with Gasteiger partial charge in [0.15, 0.2) is 0 Å². The Labute approximate surface area is 222 Å². The SMILES string of the molecule is CCOc1ccc(N(CC(=O)NC(c2ccccc2)c2ccccc2C)S(=O)(=O)c2ccc(F)cc2)cc1. The number of carbonyl (C=O) groups is 1. The molecular formula is C30H29FN2O4S. The number of benzene rings is 4. The fraction of sp³-hybridized carbons (Fsp3) is 0.167. The van der Waals surface area contributed by atoms with E-state index < -0.39 is 34.3 Å². The molecule has 1 atom stereocenters. The van der Waals surface area contributed by atoms with Crippen molar-refractivity contribution >= 4 is 21.6 Å². The molecule has 0 radical (unpaired) electrons. The maximum atomic E-state index is 13.7. The monoisotopic (exact) mass is 532 g/mol. The Bertz CT molecular complexity index is 1480. The lowest BCUT2D eigenvalue weighted by molar-refractivity contribution is -0.120. The van der Waals surface area contributed by atoms with Gasteiger partial charge in [-0.25, -0.2) is 12.8 Å². The van der Waals surface area contributed by atoms with Gasteiger partial charge >= 0.3 is 0 Å². The normalized spacial score (nSPS) is 12.0. The number of amides is 1. The number of nitrogens with one attached hydrogen (secondary N) is 1. The third kappa shape index (κ3) is 6.20. The lowest BCUT2D eigenvalue weighted by Gasteiger charge is -2.27. The zero-order valence-electron chi connectivity index (χ0n) is 21.2. The molecule has 0 aliphatic carbocycles. The Kier molecular flexibility index (Phi) is 8.43. The molecule has 0 aliphatic rings. The molecule has 1 unspecified atom stereocenters. The van der Waals surface area contributed by atoms with Crippen LogP contribution in [0.2, 0.25) is 0 Å². The van der Waals surface area contributed by atoms with Crippen molar-refractivity contribution in [3.05, 3.63) is 126 Å². The van der Waals surface area contributed by atoms with E-state index in [1.54, 1.807) is 24.3 Å². The van der Waals surface area contributed by atoms with Crippen LogP contribution in [0.3, 0.4) is 0 Å². The molecule has 0 aromatic heterocycles. The van der Waals surface area contributed by atoms with E-state index in [2.05, 4.69) is 5.32 Å². The average Bonchev–Trinajstić information content (AvgIpc) is 2.92. The largest absolute Gasteiger partial charge is 0.494 e. The van der Waals surface area contributed by atoms with Crippen LogP contribution < -0.4 is 14.4 Å².